The highest BCUT2D eigenvalue weighted by molar-refractivity contribution is 7.15. The average molecular weight is 510 g/mol. The van der Waals surface area contributed by atoms with Crippen LogP contribution in [0.25, 0.3) is 0 Å². The molecule has 2 atom stereocenters. The molecule has 1 saturated carbocycles. The number of anilines is 1. The minimum atomic E-state index is -0.227. The van der Waals surface area contributed by atoms with Crippen LogP contribution in [0.4, 0.5) is 14.7 Å². The SMILES string of the molecule is CN(C(=O)N1CCc2nc(N3C4CCC3CN(C(=O)OCc3ccccc3)C4)sc2C1)C1CCCC1. The number of hydrogen-bond acceptors (Lipinski definition) is 6. The number of fused-ring (bicyclic) bond motifs is 3. The number of amides is 3. The van der Waals surface area contributed by atoms with Crippen LogP contribution in [0.3, 0.4) is 0 Å². The minimum absolute atomic E-state index is 0.158. The number of nitrogens with zero attached hydrogens (tertiary/aromatic N) is 5. The van der Waals surface area contributed by atoms with E-state index >= 15 is 0 Å². The largest absolute Gasteiger partial charge is 0.445 e. The third-order valence-electron chi connectivity index (χ3n) is 8.33. The zero-order chi connectivity index (χ0) is 24.6. The number of piperazine rings is 1. The molecule has 1 aromatic heterocycles. The fourth-order valence-electron chi connectivity index (χ4n) is 6.30. The first kappa shape index (κ1) is 23.6. The van der Waals surface area contributed by atoms with Gasteiger partial charge in [-0.3, -0.25) is 0 Å². The van der Waals surface area contributed by atoms with Crippen LogP contribution in [0.15, 0.2) is 30.3 Å². The molecule has 4 aliphatic rings. The van der Waals surface area contributed by atoms with Crippen LogP contribution in [0.2, 0.25) is 0 Å². The summed E-state index contributed by atoms with van der Waals surface area (Å²) in [6.07, 6.45) is 7.42. The number of likely N-dealkylation sites (tertiary alicyclic amines) is 1. The highest BCUT2D eigenvalue weighted by Gasteiger charge is 2.43. The van der Waals surface area contributed by atoms with Crippen molar-refractivity contribution in [3.63, 3.8) is 0 Å². The maximum Gasteiger partial charge on any atom is 0.410 e. The minimum Gasteiger partial charge on any atom is -0.445 e. The fraction of sp³-hybridized carbons (Fsp3) is 0.593. The number of ether oxygens (including phenoxy) is 1. The van der Waals surface area contributed by atoms with Crippen molar-refractivity contribution in [2.75, 3.05) is 31.6 Å². The van der Waals surface area contributed by atoms with E-state index in [9.17, 15) is 9.59 Å². The van der Waals surface area contributed by atoms with Crippen molar-refractivity contribution in [2.24, 2.45) is 0 Å². The van der Waals surface area contributed by atoms with Crippen LogP contribution in [-0.2, 0) is 24.3 Å². The predicted octanol–water partition coefficient (Wildman–Crippen LogP) is 4.49. The Hall–Kier alpha value is -2.81. The van der Waals surface area contributed by atoms with Crippen molar-refractivity contribution in [3.05, 3.63) is 46.5 Å². The zero-order valence-electron chi connectivity index (χ0n) is 21.0. The number of carbonyl (C=O) groups excluding carboxylic acids is 2. The molecule has 192 valence electrons. The number of benzene rings is 1. The quantitative estimate of drug-likeness (QED) is 0.608. The molecule has 1 aromatic carbocycles. The molecular weight excluding hydrogens is 474 g/mol. The van der Waals surface area contributed by atoms with Gasteiger partial charge < -0.3 is 24.3 Å². The van der Waals surface area contributed by atoms with Gasteiger partial charge >= 0.3 is 12.1 Å². The van der Waals surface area contributed by atoms with Crippen molar-refractivity contribution in [1.29, 1.82) is 0 Å². The van der Waals surface area contributed by atoms with Gasteiger partial charge in [0, 0.05) is 56.1 Å². The molecule has 0 N–H and O–H groups in total. The summed E-state index contributed by atoms with van der Waals surface area (Å²) in [6, 6.07) is 10.9. The van der Waals surface area contributed by atoms with Crippen molar-refractivity contribution in [3.8, 4) is 0 Å². The van der Waals surface area contributed by atoms with E-state index in [0.717, 1.165) is 55.0 Å². The Labute approximate surface area is 216 Å². The van der Waals surface area contributed by atoms with E-state index in [1.54, 1.807) is 11.3 Å². The lowest BCUT2D eigenvalue weighted by Gasteiger charge is -2.40. The first-order chi connectivity index (χ1) is 17.6. The van der Waals surface area contributed by atoms with Gasteiger partial charge in [-0.1, -0.05) is 54.5 Å². The second-order valence-electron chi connectivity index (χ2n) is 10.6. The maximum absolute atomic E-state index is 13.1. The summed E-state index contributed by atoms with van der Waals surface area (Å²) in [5, 5.41) is 1.06. The molecule has 8 nitrogen and oxygen atoms in total. The highest BCUT2D eigenvalue weighted by Crippen LogP contribution is 2.40. The molecule has 4 heterocycles. The number of aromatic nitrogens is 1. The lowest BCUT2D eigenvalue weighted by atomic mass is 10.2. The molecule has 3 aliphatic heterocycles. The summed E-state index contributed by atoms with van der Waals surface area (Å²) in [6.45, 7) is 3.04. The van der Waals surface area contributed by atoms with Gasteiger partial charge in [0.15, 0.2) is 5.13 Å². The van der Waals surface area contributed by atoms with Crippen LogP contribution in [0.1, 0.15) is 54.7 Å². The van der Waals surface area contributed by atoms with Gasteiger partial charge in [0.2, 0.25) is 0 Å². The molecule has 6 rings (SSSR count). The van der Waals surface area contributed by atoms with Gasteiger partial charge in [-0.15, -0.1) is 0 Å². The van der Waals surface area contributed by atoms with Crippen LogP contribution in [0.5, 0.6) is 0 Å². The average Bonchev–Trinajstić information content (AvgIpc) is 3.64. The Morgan fingerprint density at radius 3 is 2.50 bits per heavy atom. The lowest BCUT2D eigenvalue weighted by Crippen LogP contribution is -2.55. The van der Waals surface area contributed by atoms with E-state index < -0.39 is 0 Å². The number of rotatable bonds is 4. The van der Waals surface area contributed by atoms with Crippen LogP contribution in [-0.4, -0.2) is 76.6 Å². The third kappa shape index (κ3) is 4.53. The molecule has 0 spiro atoms. The van der Waals surface area contributed by atoms with Gasteiger partial charge in [0.05, 0.1) is 12.2 Å². The monoisotopic (exact) mass is 509 g/mol. The number of urea groups is 1. The molecule has 3 fully saturated rings. The Morgan fingerprint density at radius 1 is 1.06 bits per heavy atom. The second-order valence-corrected chi connectivity index (χ2v) is 11.7. The topological polar surface area (TPSA) is 69.2 Å². The van der Waals surface area contributed by atoms with E-state index in [-0.39, 0.29) is 24.2 Å². The van der Waals surface area contributed by atoms with E-state index in [0.29, 0.717) is 32.3 Å². The molecule has 2 bridgehead atoms. The van der Waals surface area contributed by atoms with Gasteiger partial charge in [-0.2, -0.15) is 0 Å². The summed E-state index contributed by atoms with van der Waals surface area (Å²) in [7, 11) is 1.97. The Kier molecular flexibility index (Phi) is 6.50. The van der Waals surface area contributed by atoms with E-state index in [4.69, 9.17) is 9.72 Å². The van der Waals surface area contributed by atoms with Crippen LogP contribution in [0, 0.1) is 0 Å². The maximum atomic E-state index is 13.1. The van der Waals surface area contributed by atoms with Crippen molar-refractivity contribution < 1.29 is 14.3 Å². The zero-order valence-corrected chi connectivity index (χ0v) is 21.8. The smallest absolute Gasteiger partial charge is 0.410 e. The number of hydrogen-bond donors (Lipinski definition) is 0. The van der Waals surface area contributed by atoms with E-state index in [2.05, 4.69) is 4.90 Å². The van der Waals surface area contributed by atoms with Gasteiger partial charge in [0.1, 0.15) is 6.61 Å². The number of thiazole rings is 1. The third-order valence-corrected chi connectivity index (χ3v) is 9.43. The first-order valence-corrected chi connectivity index (χ1v) is 14.1. The van der Waals surface area contributed by atoms with Crippen LogP contribution >= 0.6 is 11.3 Å². The van der Waals surface area contributed by atoms with Gasteiger partial charge in [-0.05, 0) is 31.2 Å². The fourth-order valence-corrected chi connectivity index (χ4v) is 7.57. The molecular formula is C27H35N5O3S. The molecule has 0 radical (unpaired) electrons. The summed E-state index contributed by atoms with van der Waals surface area (Å²) in [4.78, 5) is 40.4. The molecule has 2 unspecified atom stereocenters. The Morgan fingerprint density at radius 2 is 1.78 bits per heavy atom. The lowest BCUT2D eigenvalue weighted by molar-refractivity contribution is 0.0881. The predicted molar refractivity (Wildman–Crippen MR) is 139 cm³/mol. The summed E-state index contributed by atoms with van der Waals surface area (Å²) >= 11 is 1.74. The van der Waals surface area contributed by atoms with E-state index in [1.807, 2.05) is 52.1 Å². The Bertz CT molecular complexity index is 1090. The molecule has 1 aliphatic carbocycles. The standard InChI is InChI=1S/C27H35N5O3S/c1-29(20-9-5-6-10-20)26(33)30-14-13-23-24(17-30)36-25(28-23)32-21-11-12-22(32)16-31(15-21)27(34)35-18-19-7-3-2-4-8-19/h2-4,7-8,20-22H,5-6,9-18H2,1H3. The molecule has 36 heavy (non-hydrogen) atoms. The van der Waals surface area contributed by atoms with E-state index in [1.165, 1.54) is 17.7 Å². The van der Waals surface area contributed by atoms with Crippen molar-refractivity contribution >= 4 is 28.6 Å². The van der Waals surface area contributed by atoms with Gasteiger partial charge in [0.25, 0.3) is 0 Å². The van der Waals surface area contributed by atoms with Crippen LogP contribution < -0.4 is 4.90 Å². The first-order valence-electron chi connectivity index (χ1n) is 13.3. The van der Waals surface area contributed by atoms with Gasteiger partial charge in [-0.25, -0.2) is 14.6 Å². The summed E-state index contributed by atoms with van der Waals surface area (Å²) < 4.78 is 5.60. The highest BCUT2D eigenvalue weighted by atomic mass is 32.1. The summed E-state index contributed by atoms with van der Waals surface area (Å²) in [5.74, 6) is 0. The molecule has 9 heteroatoms. The molecule has 3 amide bonds. The Balaban J connectivity index is 1.08. The van der Waals surface area contributed by atoms with Crippen molar-refractivity contribution in [2.45, 2.75) is 76.2 Å². The summed E-state index contributed by atoms with van der Waals surface area (Å²) in [5.41, 5.74) is 2.15. The second kappa shape index (κ2) is 9.92. The van der Waals surface area contributed by atoms with Crippen molar-refractivity contribution in [1.82, 2.24) is 19.7 Å². The number of carbonyl (C=O) groups is 2. The normalized spacial score (nSPS) is 23.6. The molecule has 2 aromatic rings. The molecule has 2 saturated heterocycles.